The van der Waals surface area contributed by atoms with E-state index in [-0.39, 0.29) is 0 Å². The number of hydrogen-bond donors (Lipinski definition) is 0. The summed E-state index contributed by atoms with van der Waals surface area (Å²) in [4.78, 5) is 5.10. The van der Waals surface area contributed by atoms with Crippen LogP contribution in [0.5, 0.6) is 0 Å². The van der Waals surface area contributed by atoms with Crippen LogP contribution in [0, 0.1) is 0 Å². The normalized spacial score (nSPS) is 18.7. The molecule has 78 valence electrons. The topological polar surface area (TPSA) is 26.0 Å². The molecule has 2 nitrogen and oxygen atoms in total. The van der Waals surface area contributed by atoms with Crippen LogP contribution in [-0.4, -0.2) is 4.98 Å². The average Bonchev–Trinajstić information content (AvgIpc) is 2.61. The van der Waals surface area contributed by atoms with Crippen molar-refractivity contribution in [2.24, 2.45) is 0 Å². The third kappa shape index (κ3) is 2.02. The van der Waals surface area contributed by atoms with E-state index in [9.17, 15) is 0 Å². The molecule has 0 N–H and O–H groups in total. The van der Waals surface area contributed by atoms with E-state index in [1.165, 1.54) is 37.8 Å². The van der Waals surface area contributed by atoms with Crippen LogP contribution in [-0.2, 0) is 6.42 Å². The molecule has 3 heteroatoms. The highest BCUT2D eigenvalue weighted by atomic mass is 79.9. The molecule has 0 radical (unpaired) electrons. The van der Waals surface area contributed by atoms with Gasteiger partial charge in [-0.1, -0.05) is 26.2 Å². The van der Waals surface area contributed by atoms with E-state index < -0.39 is 0 Å². The monoisotopic (exact) mass is 257 g/mol. The lowest BCUT2D eigenvalue weighted by molar-refractivity contribution is 0.427. The van der Waals surface area contributed by atoms with Gasteiger partial charge in [0.25, 0.3) is 4.80 Å². The number of oxazole rings is 1. The smallest absolute Gasteiger partial charge is 0.264 e. The number of rotatable bonds is 2. The molecule has 1 aromatic rings. The predicted molar refractivity (Wildman–Crippen MR) is 59.4 cm³/mol. The molecule has 1 heterocycles. The Morgan fingerprint density at radius 1 is 1.36 bits per heavy atom. The van der Waals surface area contributed by atoms with Crippen molar-refractivity contribution in [2.75, 3.05) is 0 Å². The van der Waals surface area contributed by atoms with Crippen LogP contribution in [0.2, 0.25) is 0 Å². The molecule has 2 rings (SSSR count). The molecule has 0 amide bonds. The van der Waals surface area contributed by atoms with Crippen molar-refractivity contribution in [1.29, 1.82) is 0 Å². The molecule has 0 unspecified atom stereocenters. The van der Waals surface area contributed by atoms with Gasteiger partial charge >= 0.3 is 0 Å². The van der Waals surface area contributed by atoms with Crippen molar-refractivity contribution in [1.82, 2.24) is 4.98 Å². The summed E-state index contributed by atoms with van der Waals surface area (Å²) in [5, 5.41) is 0. The summed E-state index contributed by atoms with van der Waals surface area (Å²) < 4.78 is 5.52. The Morgan fingerprint density at radius 2 is 2.07 bits per heavy atom. The highest BCUT2D eigenvalue weighted by Crippen LogP contribution is 2.35. The summed E-state index contributed by atoms with van der Waals surface area (Å²) >= 11 is 3.31. The van der Waals surface area contributed by atoms with E-state index >= 15 is 0 Å². The zero-order valence-corrected chi connectivity index (χ0v) is 10.1. The van der Waals surface area contributed by atoms with Crippen LogP contribution in [0.3, 0.4) is 0 Å². The first-order valence-electron chi connectivity index (χ1n) is 5.46. The van der Waals surface area contributed by atoms with Crippen LogP contribution >= 0.6 is 15.9 Å². The molecule has 0 saturated heterocycles. The van der Waals surface area contributed by atoms with Crippen molar-refractivity contribution in [3.63, 3.8) is 0 Å². The standard InChI is InChI=1S/C11H16BrNO/c1-2-9-10(13-11(12)14-9)8-6-4-3-5-7-8/h8H,2-7H2,1H3. The lowest BCUT2D eigenvalue weighted by Crippen LogP contribution is -2.06. The largest absolute Gasteiger partial charge is 0.436 e. The zero-order valence-electron chi connectivity index (χ0n) is 8.55. The van der Waals surface area contributed by atoms with Crippen LogP contribution in [0.4, 0.5) is 0 Å². The molecule has 0 aliphatic heterocycles. The number of nitrogens with zero attached hydrogens (tertiary/aromatic N) is 1. The maximum Gasteiger partial charge on any atom is 0.264 e. The average molecular weight is 258 g/mol. The Balaban J connectivity index is 2.20. The highest BCUT2D eigenvalue weighted by Gasteiger charge is 2.22. The van der Waals surface area contributed by atoms with Crippen molar-refractivity contribution in [3.05, 3.63) is 16.3 Å². The summed E-state index contributed by atoms with van der Waals surface area (Å²) in [6.07, 6.45) is 7.59. The first-order chi connectivity index (χ1) is 6.81. The molecule has 1 saturated carbocycles. The Kier molecular flexibility index (Phi) is 3.26. The van der Waals surface area contributed by atoms with Gasteiger partial charge in [0, 0.05) is 28.3 Å². The molecule has 14 heavy (non-hydrogen) atoms. The fraction of sp³-hybridized carbons (Fsp3) is 0.727. The molecule has 0 spiro atoms. The van der Waals surface area contributed by atoms with Crippen LogP contribution in [0.25, 0.3) is 0 Å². The summed E-state index contributed by atoms with van der Waals surface area (Å²) in [7, 11) is 0. The summed E-state index contributed by atoms with van der Waals surface area (Å²) in [6, 6.07) is 0. The Morgan fingerprint density at radius 3 is 2.71 bits per heavy atom. The predicted octanol–water partition coefficient (Wildman–Crippen LogP) is 4.05. The second-order valence-electron chi connectivity index (χ2n) is 3.96. The highest BCUT2D eigenvalue weighted by molar-refractivity contribution is 9.10. The Hall–Kier alpha value is -0.310. The molecule has 1 fully saturated rings. The van der Waals surface area contributed by atoms with Crippen molar-refractivity contribution >= 4 is 15.9 Å². The summed E-state index contributed by atoms with van der Waals surface area (Å²) in [6.45, 7) is 2.12. The van der Waals surface area contributed by atoms with Crippen LogP contribution < -0.4 is 0 Å². The van der Waals surface area contributed by atoms with E-state index in [1.54, 1.807) is 0 Å². The summed E-state index contributed by atoms with van der Waals surface area (Å²) in [5.74, 6) is 1.72. The van der Waals surface area contributed by atoms with Gasteiger partial charge in [-0.2, -0.15) is 0 Å². The Bertz CT molecular complexity index is 302. The van der Waals surface area contributed by atoms with Gasteiger partial charge in [-0.15, -0.1) is 0 Å². The molecule has 1 aromatic heterocycles. The third-order valence-corrected chi connectivity index (χ3v) is 3.35. The van der Waals surface area contributed by atoms with Crippen molar-refractivity contribution in [3.8, 4) is 0 Å². The number of aryl methyl sites for hydroxylation is 1. The van der Waals surface area contributed by atoms with Gasteiger partial charge in [0.05, 0.1) is 5.69 Å². The second kappa shape index (κ2) is 4.47. The van der Waals surface area contributed by atoms with Gasteiger partial charge in [-0.05, 0) is 12.8 Å². The van der Waals surface area contributed by atoms with E-state index in [0.29, 0.717) is 10.7 Å². The lowest BCUT2D eigenvalue weighted by atomic mass is 9.86. The Labute approximate surface area is 93.2 Å². The van der Waals surface area contributed by atoms with E-state index in [2.05, 4.69) is 27.8 Å². The van der Waals surface area contributed by atoms with Gasteiger partial charge in [0.15, 0.2) is 0 Å². The van der Waals surface area contributed by atoms with Crippen LogP contribution in [0.1, 0.15) is 56.4 Å². The fourth-order valence-corrected chi connectivity index (χ4v) is 2.67. The maximum atomic E-state index is 5.52. The SMILES string of the molecule is CCc1oc(Br)nc1C1CCCCC1. The number of aromatic nitrogens is 1. The van der Waals surface area contributed by atoms with Gasteiger partial charge in [-0.3, -0.25) is 0 Å². The van der Waals surface area contributed by atoms with Crippen molar-refractivity contribution < 1.29 is 4.42 Å². The van der Waals surface area contributed by atoms with Gasteiger partial charge in [0.1, 0.15) is 5.76 Å². The molecule has 1 aliphatic carbocycles. The number of hydrogen-bond acceptors (Lipinski definition) is 2. The minimum atomic E-state index is 0.647. The second-order valence-corrected chi connectivity index (χ2v) is 4.64. The van der Waals surface area contributed by atoms with Gasteiger partial charge in [0.2, 0.25) is 0 Å². The van der Waals surface area contributed by atoms with Crippen molar-refractivity contribution in [2.45, 2.75) is 51.4 Å². The van der Waals surface area contributed by atoms with Gasteiger partial charge in [-0.25, -0.2) is 4.98 Å². The first kappa shape index (κ1) is 10.2. The first-order valence-corrected chi connectivity index (χ1v) is 6.25. The van der Waals surface area contributed by atoms with Crippen LogP contribution in [0.15, 0.2) is 9.22 Å². The molecular formula is C11H16BrNO. The minimum absolute atomic E-state index is 0.647. The zero-order chi connectivity index (χ0) is 9.97. The lowest BCUT2D eigenvalue weighted by Gasteiger charge is -2.19. The molecule has 0 aromatic carbocycles. The maximum absolute atomic E-state index is 5.52. The van der Waals surface area contributed by atoms with E-state index in [0.717, 1.165) is 12.2 Å². The van der Waals surface area contributed by atoms with Gasteiger partial charge < -0.3 is 4.42 Å². The van der Waals surface area contributed by atoms with E-state index in [1.807, 2.05) is 0 Å². The molecule has 1 aliphatic rings. The quantitative estimate of drug-likeness (QED) is 0.799. The minimum Gasteiger partial charge on any atom is -0.436 e. The fourth-order valence-electron chi connectivity index (χ4n) is 2.28. The molecule has 0 atom stereocenters. The third-order valence-electron chi connectivity index (χ3n) is 3.01. The number of halogens is 1. The molecular weight excluding hydrogens is 242 g/mol. The molecule has 0 bridgehead atoms. The van der Waals surface area contributed by atoms with E-state index in [4.69, 9.17) is 4.42 Å². The summed E-state index contributed by atoms with van der Waals surface area (Å²) in [5.41, 5.74) is 1.21.